The van der Waals surface area contributed by atoms with Gasteiger partial charge in [0.05, 0.1) is 17.6 Å². The molecule has 0 saturated carbocycles. The summed E-state index contributed by atoms with van der Waals surface area (Å²) in [5.41, 5.74) is -0.229. The van der Waals surface area contributed by atoms with Gasteiger partial charge in [0.15, 0.2) is 0 Å². The third-order valence-electron chi connectivity index (χ3n) is 3.86. The van der Waals surface area contributed by atoms with Crippen LogP contribution in [0.1, 0.15) is 31.4 Å². The van der Waals surface area contributed by atoms with Crippen LogP contribution in [-0.4, -0.2) is 28.9 Å². The molecule has 4 heteroatoms. The molecule has 0 aliphatic carbocycles. The highest BCUT2D eigenvalue weighted by Gasteiger charge is 2.49. The number of aliphatic carboxylic acids is 1. The quantitative estimate of drug-likeness (QED) is 0.857. The number of carbonyl (C=O) groups is 1. The molecule has 1 fully saturated rings. The maximum Gasteiger partial charge on any atom is 0.312 e. The van der Waals surface area contributed by atoms with Gasteiger partial charge in [-0.3, -0.25) is 4.79 Å². The van der Waals surface area contributed by atoms with Crippen molar-refractivity contribution in [3.05, 3.63) is 35.9 Å². The van der Waals surface area contributed by atoms with Crippen molar-refractivity contribution in [1.82, 2.24) is 0 Å². The molecular formula is C14H18O4. The average molecular weight is 250 g/mol. The van der Waals surface area contributed by atoms with Crippen LogP contribution in [0.15, 0.2) is 30.3 Å². The molecule has 3 atom stereocenters. The molecule has 0 spiro atoms. The number of hydrogen-bond acceptors (Lipinski definition) is 3. The van der Waals surface area contributed by atoms with Crippen LogP contribution in [0.5, 0.6) is 0 Å². The molecule has 18 heavy (non-hydrogen) atoms. The van der Waals surface area contributed by atoms with Gasteiger partial charge in [-0.1, -0.05) is 30.3 Å². The van der Waals surface area contributed by atoms with E-state index in [1.165, 1.54) is 0 Å². The smallest absolute Gasteiger partial charge is 0.312 e. The summed E-state index contributed by atoms with van der Waals surface area (Å²) in [5.74, 6) is -0.887. The summed E-state index contributed by atoms with van der Waals surface area (Å²) < 4.78 is 5.37. The Kier molecular flexibility index (Phi) is 3.68. The van der Waals surface area contributed by atoms with Crippen molar-refractivity contribution in [2.24, 2.45) is 5.41 Å². The van der Waals surface area contributed by atoms with Gasteiger partial charge in [-0.15, -0.1) is 0 Å². The Balaban J connectivity index is 2.18. The summed E-state index contributed by atoms with van der Waals surface area (Å²) in [6.45, 7) is 2.20. The summed E-state index contributed by atoms with van der Waals surface area (Å²) in [4.78, 5) is 11.5. The van der Waals surface area contributed by atoms with Gasteiger partial charge in [-0.05, 0) is 25.3 Å². The minimum atomic E-state index is -0.977. The number of aliphatic hydroxyl groups excluding tert-OH is 1. The first-order valence-electron chi connectivity index (χ1n) is 6.14. The van der Waals surface area contributed by atoms with Crippen LogP contribution in [0.25, 0.3) is 0 Å². The first kappa shape index (κ1) is 13.1. The normalized spacial score (nSPS) is 29.1. The molecule has 1 aromatic rings. The molecule has 0 amide bonds. The van der Waals surface area contributed by atoms with E-state index in [1.54, 1.807) is 19.1 Å². The van der Waals surface area contributed by atoms with E-state index in [4.69, 9.17) is 4.74 Å². The Morgan fingerprint density at radius 2 is 2.17 bits per heavy atom. The topological polar surface area (TPSA) is 66.8 Å². The van der Waals surface area contributed by atoms with Gasteiger partial charge in [0.1, 0.15) is 0 Å². The third kappa shape index (κ3) is 2.26. The summed E-state index contributed by atoms with van der Waals surface area (Å²) in [5, 5.41) is 19.6. The van der Waals surface area contributed by atoms with Gasteiger partial charge in [-0.25, -0.2) is 0 Å². The number of ether oxygens (including phenoxy) is 1. The fraction of sp³-hybridized carbons (Fsp3) is 0.500. The van der Waals surface area contributed by atoms with Crippen LogP contribution >= 0.6 is 0 Å². The second-order valence-electron chi connectivity index (χ2n) is 4.85. The van der Waals surface area contributed by atoms with Crippen molar-refractivity contribution < 1.29 is 19.7 Å². The number of aliphatic hydroxyl groups is 1. The van der Waals surface area contributed by atoms with Crippen LogP contribution in [-0.2, 0) is 9.53 Å². The van der Waals surface area contributed by atoms with E-state index in [0.717, 1.165) is 5.56 Å². The van der Waals surface area contributed by atoms with Crippen molar-refractivity contribution in [2.45, 2.75) is 32.0 Å². The zero-order chi connectivity index (χ0) is 13.2. The Morgan fingerprint density at radius 3 is 2.67 bits per heavy atom. The van der Waals surface area contributed by atoms with Crippen molar-refractivity contribution in [3.8, 4) is 0 Å². The lowest BCUT2D eigenvalue weighted by Gasteiger charge is -2.29. The highest BCUT2D eigenvalue weighted by Crippen LogP contribution is 2.42. The monoisotopic (exact) mass is 250 g/mol. The molecule has 1 aliphatic rings. The molecule has 2 N–H and O–H groups in total. The zero-order valence-electron chi connectivity index (χ0n) is 10.4. The van der Waals surface area contributed by atoms with E-state index in [1.807, 2.05) is 18.2 Å². The Morgan fingerprint density at radius 1 is 1.50 bits per heavy atom. The highest BCUT2D eigenvalue weighted by atomic mass is 16.5. The number of carboxylic acids is 1. The molecule has 4 nitrogen and oxygen atoms in total. The Hall–Kier alpha value is -1.39. The Labute approximate surface area is 106 Å². The Bertz CT molecular complexity index is 417. The first-order valence-corrected chi connectivity index (χ1v) is 6.14. The molecule has 3 unspecified atom stereocenters. The highest BCUT2D eigenvalue weighted by molar-refractivity contribution is 5.76. The summed E-state index contributed by atoms with van der Waals surface area (Å²) >= 11 is 0. The van der Waals surface area contributed by atoms with Crippen molar-refractivity contribution in [3.63, 3.8) is 0 Å². The molecule has 98 valence electrons. The van der Waals surface area contributed by atoms with Crippen molar-refractivity contribution in [1.29, 1.82) is 0 Å². The maximum atomic E-state index is 11.5. The lowest BCUT2D eigenvalue weighted by molar-refractivity contribution is -0.154. The first-order chi connectivity index (χ1) is 8.56. The lowest BCUT2D eigenvalue weighted by Crippen LogP contribution is -2.38. The average Bonchev–Trinajstić information content (AvgIpc) is 2.73. The molecular weight excluding hydrogens is 232 g/mol. The second-order valence-corrected chi connectivity index (χ2v) is 4.85. The van der Waals surface area contributed by atoms with Gasteiger partial charge in [0.25, 0.3) is 0 Å². The summed E-state index contributed by atoms with van der Waals surface area (Å²) in [6.07, 6.45) is -0.499. The van der Waals surface area contributed by atoms with E-state index in [2.05, 4.69) is 0 Å². The molecule has 0 radical (unpaired) electrons. The third-order valence-corrected chi connectivity index (χ3v) is 3.86. The molecule has 1 aliphatic heterocycles. The molecule has 0 aromatic heterocycles. The van der Waals surface area contributed by atoms with Crippen LogP contribution < -0.4 is 0 Å². The van der Waals surface area contributed by atoms with Gasteiger partial charge in [-0.2, -0.15) is 0 Å². The minimum Gasteiger partial charge on any atom is -0.481 e. The predicted molar refractivity (Wildman–Crippen MR) is 66.1 cm³/mol. The van der Waals surface area contributed by atoms with Crippen LogP contribution in [0.3, 0.4) is 0 Å². The zero-order valence-corrected chi connectivity index (χ0v) is 10.4. The van der Waals surface area contributed by atoms with E-state index < -0.39 is 17.5 Å². The van der Waals surface area contributed by atoms with Gasteiger partial charge < -0.3 is 14.9 Å². The van der Waals surface area contributed by atoms with E-state index in [-0.39, 0.29) is 12.5 Å². The molecule has 1 saturated heterocycles. The van der Waals surface area contributed by atoms with Gasteiger partial charge in [0, 0.05) is 6.61 Å². The van der Waals surface area contributed by atoms with E-state index in [9.17, 15) is 15.0 Å². The fourth-order valence-corrected chi connectivity index (χ4v) is 2.55. The SMILES string of the molecule is CC1OCCC1(CC(O)c1ccccc1)C(=O)O. The van der Waals surface area contributed by atoms with Crippen LogP contribution in [0.4, 0.5) is 0 Å². The lowest BCUT2D eigenvalue weighted by atomic mass is 9.76. The number of rotatable bonds is 4. The largest absolute Gasteiger partial charge is 0.481 e. The summed E-state index contributed by atoms with van der Waals surface area (Å²) in [6, 6.07) is 9.15. The number of carboxylic acid groups (broad SMARTS) is 1. The fourth-order valence-electron chi connectivity index (χ4n) is 2.55. The van der Waals surface area contributed by atoms with Gasteiger partial charge in [0.2, 0.25) is 0 Å². The van der Waals surface area contributed by atoms with E-state index in [0.29, 0.717) is 13.0 Å². The summed E-state index contributed by atoms with van der Waals surface area (Å²) in [7, 11) is 0. The predicted octanol–water partition coefficient (Wildman–Crippen LogP) is 1.99. The number of benzene rings is 1. The molecule has 1 heterocycles. The van der Waals surface area contributed by atoms with Crippen molar-refractivity contribution >= 4 is 5.97 Å². The van der Waals surface area contributed by atoms with E-state index >= 15 is 0 Å². The molecule has 0 bridgehead atoms. The number of hydrogen-bond donors (Lipinski definition) is 2. The second kappa shape index (κ2) is 5.08. The maximum absolute atomic E-state index is 11.5. The minimum absolute atomic E-state index is 0.188. The van der Waals surface area contributed by atoms with Crippen LogP contribution in [0.2, 0.25) is 0 Å². The standard InChI is InChI=1S/C14H18O4/c1-10-14(13(16)17,7-8-18-10)9-12(15)11-5-3-2-4-6-11/h2-6,10,12,15H,7-9H2,1H3,(H,16,17). The molecule has 1 aromatic carbocycles. The van der Waals surface area contributed by atoms with Crippen LogP contribution in [0, 0.1) is 5.41 Å². The molecule has 2 rings (SSSR count). The van der Waals surface area contributed by atoms with Crippen molar-refractivity contribution in [2.75, 3.05) is 6.61 Å². The van der Waals surface area contributed by atoms with Gasteiger partial charge >= 0.3 is 5.97 Å².